The molecule has 7 nitrogen and oxygen atoms in total. The van der Waals surface area contributed by atoms with Gasteiger partial charge in [0.25, 0.3) is 0 Å². The third kappa shape index (κ3) is 5.46. The topological polar surface area (TPSA) is 95.9 Å². The zero-order valence-electron chi connectivity index (χ0n) is 12.7. The minimum absolute atomic E-state index is 0.125. The van der Waals surface area contributed by atoms with E-state index >= 15 is 0 Å². The number of urea groups is 1. The number of esters is 1. The van der Waals surface area contributed by atoms with Gasteiger partial charge in [-0.1, -0.05) is 13.8 Å². The van der Waals surface area contributed by atoms with Crippen LogP contribution in [0.1, 0.15) is 34.1 Å². The highest BCUT2D eigenvalue weighted by Crippen LogP contribution is 2.08. The second kappa shape index (κ2) is 8.39. The first-order valence-corrected chi connectivity index (χ1v) is 6.61. The van der Waals surface area contributed by atoms with Gasteiger partial charge in [-0.25, -0.2) is 9.59 Å². The number of carbonyl (C=O) groups excluding carboxylic acids is 2. The van der Waals surface area contributed by atoms with Gasteiger partial charge in [0.05, 0.1) is 13.5 Å². The smallest absolute Gasteiger partial charge is 0.328 e. The Bertz CT molecular complexity index is 357. The molecule has 0 aromatic rings. The molecule has 0 aromatic heterocycles. The Kier molecular flexibility index (Phi) is 7.64. The van der Waals surface area contributed by atoms with E-state index in [0.717, 1.165) is 0 Å². The number of hydrogen-bond donors (Lipinski definition) is 2. The van der Waals surface area contributed by atoms with Crippen LogP contribution in [0.2, 0.25) is 0 Å². The average Bonchev–Trinajstić information content (AvgIpc) is 2.34. The first-order valence-electron chi connectivity index (χ1n) is 6.61. The van der Waals surface area contributed by atoms with Gasteiger partial charge in [-0.3, -0.25) is 4.79 Å². The number of ether oxygens (including phenoxy) is 1. The van der Waals surface area contributed by atoms with Crippen LogP contribution in [0.4, 0.5) is 4.79 Å². The van der Waals surface area contributed by atoms with Crippen LogP contribution in [0.3, 0.4) is 0 Å². The number of rotatable bonds is 7. The molecular weight excluding hydrogens is 264 g/mol. The van der Waals surface area contributed by atoms with Gasteiger partial charge in [0.2, 0.25) is 0 Å². The molecule has 0 aliphatic carbocycles. The van der Waals surface area contributed by atoms with Crippen molar-refractivity contribution < 1.29 is 24.2 Å². The second-order valence-corrected chi connectivity index (χ2v) is 4.93. The summed E-state index contributed by atoms with van der Waals surface area (Å²) in [5.74, 6) is -1.62. The van der Waals surface area contributed by atoms with Gasteiger partial charge in [0.1, 0.15) is 6.04 Å². The van der Waals surface area contributed by atoms with Gasteiger partial charge in [0, 0.05) is 12.6 Å². The van der Waals surface area contributed by atoms with E-state index in [0.29, 0.717) is 6.54 Å². The predicted octanol–water partition coefficient (Wildman–Crippen LogP) is 1.08. The molecule has 0 fully saturated rings. The molecule has 0 spiro atoms. The summed E-state index contributed by atoms with van der Waals surface area (Å²) in [5, 5.41) is 11.4. The number of carboxylic acids is 1. The highest BCUT2D eigenvalue weighted by molar-refractivity contribution is 5.84. The van der Waals surface area contributed by atoms with E-state index < -0.39 is 30.1 Å². The van der Waals surface area contributed by atoms with Gasteiger partial charge in [-0.15, -0.1) is 0 Å². The molecule has 0 aliphatic heterocycles. The number of carboxylic acid groups (broad SMARTS) is 1. The van der Waals surface area contributed by atoms with Gasteiger partial charge in [-0.05, 0) is 19.8 Å². The number of aliphatic carboxylic acids is 1. The van der Waals surface area contributed by atoms with E-state index in [2.05, 4.69) is 10.1 Å². The number of methoxy groups -OCH3 is 1. The van der Waals surface area contributed by atoms with Crippen LogP contribution in [0.15, 0.2) is 0 Å². The molecule has 116 valence electrons. The summed E-state index contributed by atoms with van der Waals surface area (Å²) in [5.41, 5.74) is 0. The quantitative estimate of drug-likeness (QED) is 0.683. The largest absolute Gasteiger partial charge is 0.481 e. The number of carbonyl (C=O) groups is 3. The molecule has 2 amide bonds. The number of nitrogens with zero attached hydrogens (tertiary/aromatic N) is 1. The van der Waals surface area contributed by atoms with E-state index in [1.54, 1.807) is 27.7 Å². The van der Waals surface area contributed by atoms with Crippen LogP contribution in [0, 0.1) is 5.92 Å². The van der Waals surface area contributed by atoms with E-state index in [1.165, 1.54) is 12.0 Å². The van der Waals surface area contributed by atoms with Crippen LogP contribution in [-0.4, -0.2) is 53.7 Å². The number of hydrogen-bond acceptors (Lipinski definition) is 4. The van der Waals surface area contributed by atoms with Crippen molar-refractivity contribution in [3.63, 3.8) is 0 Å². The van der Waals surface area contributed by atoms with Gasteiger partial charge >= 0.3 is 18.0 Å². The van der Waals surface area contributed by atoms with E-state index in [1.807, 2.05) is 0 Å². The molecule has 0 heterocycles. The fraction of sp³-hybridized carbons (Fsp3) is 0.769. The lowest BCUT2D eigenvalue weighted by Crippen LogP contribution is -2.53. The van der Waals surface area contributed by atoms with E-state index in [9.17, 15) is 14.4 Å². The number of amides is 2. The summed E-state index contributed by atoms with van der Waals surface area (Å²) < 4.78 is 4.65. The number of nitrogens with one attached hydrogen (secondary N) is 1. The first kappa shape index (κ1) is 18.2. The van der Waals surface area contributed by atoms with Gasteiger partial charge in [0.15, 0.2) is 0 Å². The SMILES string of the molecule is CCN(C(=O)NC(C(=O)OC)C(C)C)C(C)CC(=O)O. The van der Waals surface area contributed by atoms with Crippen molar-refractivity contribution in [2.45, 2.75) is 46.2 Å². The average molecular weight is 288 g/mol. The minimum Gasteiger partial charge on any atom is -0.481 e. The third-order valence-corrected chi connectivity index (χ3v) is 3.00. The molecule has 0 bridgehead atoms. The minimum atomic E-state index is -0.975. The molecule has 2 unspecified atom stereocenters. The van der Waals surface area contributed by atoms with Crippen molar-refractivity contribution in [2.24, 2.45) is 5.92 Å². The van der Waals surface area contributed by atoms with Crippen LogP contribution in [0.5, 0.6) is 0 Å². The Labute approximate surface area is 119 Å². The maximum atomic E-state index is 12.1. The fourth-order valence-electron chi connectivity index (χ4n) is 1.86. The molecule has 2 N–H and O–H groups in total. The zero-order chi connectivity index (χ0) is 15.9. The van der Waals surface area contributed by atoms with Gasteiger partial charge < -0.3 is 20.1 Å². The Hall–Kier alpha value is -1.79. The van der Waals surface area contributed by atoms with Crippen LogP contribution in [-0.2, 0) is 14.3 Å². The molecule has 0 aromatic carbocycles. The molecule has 0 saturated heterocycles. The Morgan fingerprint density at radius 3 is 2.15 bits per heavy atom. The third-order valence-electron chi connectivity index (χ3n) is 3.00. The second-order valence-electron chi connectivity index (χ2n) is 4.93. The van der Waals surface area contributed by atoms with Crippen molar-refractivity contribution in [1.29, 1.82) is 0 Å². The maximum absolute atomic E-state index is 12.1. The lowest BCUT2D eigenvalue weighted by molar-refractivity contribution is -0.144. The summed E-state index contributed by atoms with van der Waals surface area (Å²) in [6.45, 7) is 7.34. The lowest BCUT2D eigenvalue weighted by atomic mass is 10.1. The highest BCUT2D eigenvalue weighted by Gasteiger charge is 2.28. The van der Waals surface area contributed by atoms with Crippen LogP contribution in [0.25, 0.3) is 0 Å². The molecule has 0 aliphatic rings. The van der Waals surface area contributed by atoms with Crippen molar-refractivity contribution in [2.75, 3.05) is 13.7 Å². The molecule has 0 rings (SSSR count). The van der Waals surface area contributed by atoms with Crippen molar-refractivity contribution in [1.82, 2.24) is 10.2 Å². The molecule has 0 saturated carbocycles. The van der Waals surface area contributed by atoms with Crippen molar-refractivity contribution in [3.05, 3.63) is 0 Å². The molecule has 7 heteroatoms. The summed E-state index contributed by atoms with van der Waals surface area (Å²) >= 11 is 0. The first-order chi connectivity index (χ1) is 9.24. The highest BCUT2D eigenvalue weighted by atomic mass is 16.5. The zero-order valence-corrected chi connectivity index (χ0v) is 12.7. The van der Waals surface area contributed by atoms with Crippen LogP contribution >= 0.6 is 0 Å². The van der Waals surface area contributed by atoms with Crippen molar-refractivity contribution >= 4 is 18.0 Å². The monoisotopic (exact) mass is 288 g/mol. The fourth-order valence-corrected chi connectivity index (χ4v) is 1.86. The van der Waals surface area contributed by atoms with E-state index in [4.69, 9.17) is 5.11 Å². The van der Waals surface area contributed by atoms with E-state index in [-0.39, 0.29) is 12.3 Å². The van der Waals surface area contributed by atoms with Crippen molar-refractivity contribution in [3.8, 4) is 0 Å². The van der Waals surface area contributed by atoms with Crippen LogP contribution < -0.4 is 5.32 Å². The van der Waals surface area contributed by atoms with Gasteiger partial charge in [-0.2, -0.15) is 0 Å². The molecule has 0 radical (unpaired) electrons. The Morgan fingerprint density at radius 2 is 1.80 bits per heavy atom. The predicted molar refractivity (Wildman–Crippen MR) is 73.3 cm³/mol. The maximum Gasteiger partial charge on any atom is 0.328 e. The summed E-state index contributed by atoms with van der Waals surface area (Å²) in [7, 11) is 1.26. The molecular formula is C13H24N2O5. The summed E-state index contributed by atoms with van der Waals surface area (Å²) in [6, 6.07) is -1.67. The summed E-state index contributed by atoms with van der Waals surface area (Å²) in [6.07, 6.45) is -0.147. The standard InChI is InChI=1S/C13H24N2O5/c1-6-15(9(4)7-10(16)17)13(19)14-11(8(2)3)12(18)20-5/h8-9,11H,6-7H2,1-5H3,(H,14,19)(H,16,17). The molecule has 20 heavy (non-hydrogen) atoms. The lowest BCUT2D eigenvalue weighted by Gasteiger charge is -2.30. The Balaban J connectivity index is 4.83. The normalized spacial score (nSPS) is 13.5. The molecule has 2 atom stereocenters. The Morgan fingerprint density at radius 1 is 1.25 bits per heavy atom. The summed E-state index contributed by atoms with van der Waals surface area (Å²) in [4.78, 5) is 35.8.